The Morgan fingerprint density at radius 3 is 2.83 bits per heavy atom. The molecule has 24 heavy (non-hydrogen) atoms. The monoisotopic (exact) mass is 340 g/mol. The number of ether oxygens (including phenoxy) is 1. The van der Waals surface area contributed by atoms with Crippen LogP contribution in [0.1, 0.15) is 20.9 Å². The Kier molecular flexibility index (Phi) is 4.35. The number of carbonyl (C=O) groups is 1. The molecule has 0 aliphatic heterocycles. The van der Waals surface area contributed by atoms with Crippen molar-refractivity contribution in [3.63, 3.8) is 0 Å². The van der Waals surface area contributed by atoms with Gasteiger partial charge in [-0.15, -0.1) is 11.3 Å². The van der Waals surface area contributed by atoms with Gasteiger partial charge >= 0.3 is 5.97 Å². The van der Waals surface area contributed by atoms with E-state index in [-0.39, 0.29) is 5.69 Å². The number of esters is 1. The summed E-state index contributed by atoms with van der Waals surface area (Å²) in [6.07, 6.45) is 3.56. The second-order valence-corrected chi connectivity index (χ2v) is 5.97. The van der Waals surface area contributed by atoms with Crippen molar-refractivity contribution in [1.82, 2.24) is 4.98 Å². The first-order valence-electron chi connectivity index (χ1n) is 6.98. The number of nitro benzene ring substituents is 1. The number of hydrogen-bond donors (Lipinski definition) is 0. The van der Waals surface area contributed by atoms with E-state index in [0.29, 0.717) is 11.1 Å². The highest BCUT2D eigenvalue weighted by Crippen LogP contribution is 2.25. The summed E-state index contributed by atoms with van der Waals surface area (Å²) in [6, 6.07) is 11.6. The van der Waals surface area contributed by atoms with E-state index in [4.69, 9.17) is 4.74 Å². The van der Waals surface area contributed by atoms with Gasteiger partial charge < -0.3 is 4.74 Å². The van der Waals surface area contributed by atoms with Gasteiger partial charge in [-0.3, -0.25) is 10.1 Å². The first kappa shape index (κ1) is 15.8. The maximum atomic E-state index is 11.5. The highest BCUT2D eigenvalue weighted by Gasteiger charge is 2.09. The molecule has 0 bridgehead atoms. The quantitative estimate of drug-likeness (QED) is 0.404. The summed E-state index contributed by atoms with van der Waals surface area (Å²) in [6.45, 7) is 0. The van der Waals surface area contributed by atoms with Gasteiger partial charge in [0.2, 0.25) is 0 Å². The molecule has 0 atom stereocenters. The fourth-order valence-corrected chi connectivity index (χ4v) is 3.02. The van der Waals surface area contributed by atoms with E-state index >= 15 is 0 Å². The minimum absolute atomic E-state index is 0.0455. The van der Waals surface area contributed by atoms with Gasteiger partial charge in [0.05, 0.1) is 27.8 Å². The van der Waals surface area contributed by atoms with Crippen LogP contribution in [0.5, 0.6) is 0 Å². The number of hydrogen-bond acceptors (Lipinski definition) is 6. The SMILES string of the molecule is COC(=O)c1ccc2sc(C=Cc3cccc([N+](=O)[O-])c3)nc2c1. The van der Waals surface area contributed by atoms with Crippen LogP contribution in [0.4, 0.5) is 5.69 Å². The molecular formula is C17H12N2O4S. The summed E-state index contributed by atoms with van der Waals surface area (Å²) in [4.78, 5) is 26.4. The van der Waals surface area contributed by atoms with Crippen LogP contribution < -0.4 is 0 Å². The van der Waals surface area contributed by atoms with Gasteiger partial charge in [0.25, 0.3) is 5.69 Å². The topological polar surface area (TPSA) is 82.3 Å². The molecule has 0 unspecified atom stereocenters. The molecule has 3 aromatic rings. The van der Waals surface area contributed by atoms with Gasteiger partial charge in [-0.05, 0) is 29.8 Å². The number of rotatable bonds is 4. The van der Waals surface area contributed by atoms with Crippen LogP contribution in [0.25, 0.3) is 22.4 Å². The fourth-order valence-electron chi connectivity index (χ4n) is 2.17. The molecule has 0 aliphatic carbocycles. The molecule has 0 spiro atoms. The maximum absolute atomic E-state index is 11.5. The molecule has 1 aromatic heterocycles. The molecule has 0 fully saturated rings. The van der Waals surface area contributed by atoms with Crippen LogP contribution in [0.3, 0.4) is 0 Å². The Bertz CT molecular complexity index is 962. The average Bonchev–Trinajstić information content (AvgIpc) is 3.01. The molecule has 0 N–H and O–H groups in total. The summed E-state index contributed by atoms with van der Waals surface area (Å²) in [5, 5.41) is 11.5. The molecule has 3 rings (SSSR count). The molecule has 0 radical (unpaired) electrons. The van der Waals surface area contributed by atoms with Crippen LogP contribution in [-0.4, -0.2) is 23.0 Å². The van der Waals surface area contributed by atoms with Crippen molar-refractivity contribution in [2.24, 2.45) is 0 Å². The molecule has 7 heteroatoms. The second kappa shape index (κ2) is 6.59. The van der Waals surface area contributed by atoms with E-state index in [1.165, 1.54) is 30.6 Å². The van der Waals surface area contributed by atoms with Crippen LogP contribution in [0.15, 0.2) is 42.5 Å². The van der Waals surface area contributed by atoms with E-state index < -0.39 is 10.9 Å². The molecule has 6 nitrogen and oxygen atoms in total. The lowest BCUT2D eigenvalue weighted by Gasteiger charge is -1.97. The lowest BCUT2D eigenvalue weighted by atomic mass is 10.2. The van der Waals surface area contributed by atoms with Crippen molar-refractivity contribution < 1.29 is 14.5 Å². The van der Waals surface area contributed by atoms with Crippen LogP contribution in [0, 0.1) is 10.1 Å². The second-order valence-electron chi connectivity index (χ2n) is 4.91. The first-order valence-corrected chi connectivity index (χ1v) is 7.80. The number of nitrogens with zero attached hydrogens (tertiary/aromatic N) is 2. The largest absolute Gasteiger partial charge is 0.465 e. The molecule has 0 amide bonds. The summed E-state index contributed by atoms with van der Waals surface area (Å²) in [7, 11) is 1.33. The number of carbonyl (C=O) groups excluding carboxylic acids is 1. The molecule has 2 aromatic carbocycles. The van der Waals surface area contributed by atoms with Gasteiger partial charge in [-0.25, -0.2) is 9.78 Å². The molecule has 1 heterocycles. The Morgan fingerprint density at radius 1 is 1.25 bits per heavy atom. The van der Waals surface area contributed by atoms with Gasteiger partial charge in [0.15, 0.2) is 0 Å². The lowest BCUT2D eigenvalue weighted by Crippen LogP contribution is -2.00. The number of aromatic nitrogens is 1. The summed E-state index contributed by atoms with van der Waals surface area (Å²) in [5.74, 6) is -0.404. The van der Waals surface area contributed by atoms with Crippen molar-refractivity contribution >= 4 is 45.4 Å². The maximum Gasteiger partial charge on any atom is 0.337 e. The van der Waals surface area contributed by atoms with Crippen molar-refractivity contribution in [3.05, 3.63) is 68.7 Å². The molecule has 0 saturated carbocycles. The van der Waals surface area contributed by atoms with Crippen LogP contribution in [0.2, 0.25) is 0 Å². The Morgan fingerprint density at radius 2 is 2.08 bits per heavy atom. The highest BCUT2D eigenvalue weighted by atomic mass is 32.1. The molecule has 0 aliphatic rings. The standard InChI is InChI=1S/C17H12N2O4S/c1-23-17(20)12-6-7-15-14(10-12)18-16(24-15)8-5-11-3-2-4-13(9-11)19(21)22/h2-10H,1H3. The predicted octanol–water partition coefficient (Wildman–Crippen LogP) is 4.16. The highest BCUT2D eigenvalue weighted by molar-refractivity contribution is 7.19. The number of fused-ring (bicyclic) bond motifs is 1. The van der Waals surface area contributed by atoms with Gasteiger partial charge in [-0.1, -0.05) is 18.2 Å². The van der Waals surface area contributed by atoms with Crippen LogP contribution >= 0.6 is 11.3 Å². The van der Waals surface area contributed by atoms with E-state index in [1.807, 2.05) is 6.07 Å². The third kappa shape index (κ3) is 3.31. The predicted molar refractivity (Wildman–Crippen MR) is 93.0 cm³/mol. The third-order valence-electron chi connectivity index (χ3n) is 3.32. The normalized spacial score (nSPS) is 11.0. The Balaban J connectivity index is 1.88. The van der Waals surface area contributed by atoms with E-state index in [2.05, 4.69) is 4.98 Å². The average molecular weight is 340 g/mol. The molecular weight excluding hydrogens is 328 g/mol. The Hall–Kier alpha value is -3.06. The molecule has 120 valence electrons. The zero-order chi connectivity index (χ0) is 17.1. The third-order valence-corrected chi connectivity index (χ3v) is 4.33. The Labute approximate surface area is 141 Å². The van der Waals surface area contributed by atoms with Gasteiger partial charge in [0, 0.05) is 12.1 Å². The van der Waals surface area contributed by atoms with Crippen molar-refractivity contribution in [1.29, 1.82) is 0 Å². The number of methoxy groups -OCH3 is 1. The van der Waals surface area contributed by atoms with Crippen molar-refractivity contribution in [2.45, 2.75) is 0 Å². The minimum Gasteiger partial charge on any atom is -0.465 e. The van der Waals surface area contributed by atoms with Crippen molar-refractivity contribution in [2.75, 3.05) is 7.11 Å². The van der Waals surface area contributed by atoms with Crippen LogP contribution in [-0.2, 0) is 4.74 Å². The zero-order valence-corrected chi connectivity index (χ0v) is 13.4. The van der Waals surface area contributed by atoms with Gasteiger partial charge in [0.1, 0.15) is 5.01 Å². The zero-order valence-electron chi connectivity index (χ0n) is 12.6. The number of thiazole rings is 1. The minimum atomic E-state index is -0.427. The summed E-state index contributed by atoms with van der Waals surface area (Å²) >= 11 is 1.47. The van der Waals surface area contributed by atoms with Crippen molar-refractivity contribution in [3.8, 4) is 0 Å². The summed E-state index contributed by atoms with van der Waals surface area (Å²) < 4.78 is 5.64. The summed E-state index contributed by atoms with van der Waals surface area (Å²) in [5.41, 5.74) is 1.92. The number of nitro groups is 1. The van der Waals surface area contributed by atoms with E-state index in [0.717, 1.165) is 15.3 Å². The fraction of sp³-hybridized carbons (Fsp3) is 0.0588. The number of benzene rings is 2. The smallest absolute Gasteiger partial charge is 0.337 e. The van der Waals surface area contributed by atoms with E-state index in [1.54, 1.807) is 36.4 Å². The van der Waals surface area contributed by atoms with E-state index in [9.17, 15) is 14.9 Å². The molecule has 0 saturated heterocycles. The number of non-ortho nitro benzene ring substituents is 1. The first-order chi connectivity index (χ1) is 11.6. The van der Waals surface area contributed by atoms with Gasteiger partial charge in [-0.2, -0.15) is 0 Å². The lowest BCUT2D eigenvalue weighted by molar-refractivity contribution is -0.384.